The number of fused-ring (bicyclic) bond motifs is 1. The third-order valence-electron chi connectivity index (χ3n) is 4.58. The first kappa shape index (κ1) is 16.3. The van der Waals surface area contributed by atoms with E-state index in [0.29, 0.717) is 21.5 Å². The lowest BCUT2D eigenvalue weighted by Gasteiger charge is -2.34. The molecule has 1 aromatic heterocycles. The Bertz CT molecular complexity index is 871. The van der Waals surface area contributed by atoms with Crippen LogP contribution in [0.4, 0.5) is 0 Å². The Balaban J connectivity index is 1.64. The average molecular weight is 368 g/mol. The number of aliphatic imine (C=N–C) groups is 1. The number of thiophene rings is 1. The largest absolute Gasteiger partial charge is 0.314 e. The molecule has 2 aliphatic heterocycles. The maximum Gasteiger partial charge on any atom is 0.257 e. The molecule has 0 spiro atoms. The number of nitrogens with zero attached hydrogens (tertiary/aromatic N) is 2. The lowest BCUT2D eigenvalue weighted by atomic mass is 9.87. The number of hydrogen-bond donors (Lipinski definition) is 2. The SMILES string of the molecule is N#Cc1ccc([C@]23CNC[C@H]2CSC(NC(=O)c2ccccc2)=N3)s1. The number of amides is 1. The van der Waals surface area contributed by atoms with Crippen LogP contribution in [0.25, 0.3) is 0 Å². The van der Waals surface area contributed by atoms with E-state index in [1.165, 1.54) is 11.3 Å². The van der Waals surface area contributed by atoms with E-state index < -0.39 is 0 Å². The van der Waals surface area contributed by atoms with Crippen molar-refractivity contribution in [2.45, 2.75) is 5.54 Å². The van der Waals surface area contributed by atoms with Crippen molar-refractivity contribution in [1.82, 2.24) is 10.6 Å². The number of benzene rings is 1. The van der Waals surface area contributed by atoms with Crippen LogP contribution in [0.3, 0.4) is 0 Å². The molecule has 2 N–H and O–H groups in total. The van der Waals surface area contributed by atoms with E-state index in [0.717, 1.165) is 23.7 Å². The van der Waals surface area contributed by atoms with Crippen LogP contribution in [-0.4, -0.2) is 29.9 Å². The Morgan fingerprint density at radius 1 is 1.32 bits per heavy atom. The minimum absolute atomic E-state index is 0.143. The zero-order valence-electron chi connectivity index (χ0n) is 13.4. The Morgan fingerprint density at radius 2 is 2.16 bits per heavy atom. The van der Waals surface area contributed by atoms with E-state index >= 15 is 0 Å². The van der Waals surface area contributed by atoms with Gasteiger partial charge >= 0.3 is 0 Å². The molecular formula is C18H16N4OS2. The number of amidine groups is 1. The number of rotatable bonds is 2. The van der Waals surface area contributed by atoms with Crippen LogP contribution < -0.4 is 10.6 Å². The standard InChI is InChI=1S/C18H16N4OS2/c19-8-14-6-7-15(25-14)18-11-20-9-13(18)10-24-17(22-18)21-16(23)12-4-2-1-3-5-12/h1-7,13,20H,9-11H2,(H,21,22,23)/t13-,18-/m0/s1. The van der Waals surface area contributed by atoms with Gasteiger partial charge in [0, 0.05) is 35.2 Å². The van der Waals surface area contributed by atoms with Gasteiger partial charge in [-0.2, -0.15) is 5.26 Å². The molecule has 0 unspecified atom stereocenters. The summed E-state index contributed by atoms with van der Waals surface area (Å²) >= 11 is 3.08. The molecule has 2 atom stereocenters. The number of carbonyl (C=O) groups is 1. The number of thioether (sulfide) groups is 1. The summed E-state index contributed by atoms with van der Waals surface area (Å²) in [5, 5.41) is 16.2. The fourth-order valence-corrected chi connectivity index (χ4v) is 5.43. The molecule has 0 saturated carbocycles. The van der Waals surface area contributed by atoms with Gasteiger partial charge in [0.2, 0.25) is 0 Å². The Morgan fingerprint density at radius 3 is 2.92 bits per heavy atom. The van der Waals surface area contributed by atoms with Gasteiger partial charge in [-0.1, -0.05) is 30.0 Å². The van der Waals surface area contributed by atoms with Gasteiger partial charge in [0.25, 0.3) is 5.91 Å². The van der Waals surface area contributed by atoms with Crippen LogP contribution in [-0.2, 0) is 5.54 Å². The molecule has 4 rings (SSSR count). The number of nitrogens with one attached hydrogen (secondary N) is 2. The van der Waals surface area contributed by atoms with Gasteiger partial charge < -0.3 is 10.6 Å². The molecule has 0 radical (unpaired) electrons. The van der Waals surface area contributed by atoms with Crippen LogP contribution in [0.5, 0.6) is 0 Å². The Kier molecular flexibility index (Phi) is 4.34. The summed E-state index contributed by atoms with van der Waals surface area (Å²) < 4.78 is 0. The zero-order valence-corrected chi connectivity index (χ0v) is 15.0. The second-order valence-electron chi connectivity index (χ2n) is 6.08. The van der Waals surface area contributed by atoms with E-state index in [9.17, 15) is 4.79 Å². The average Bonchev–Trinajstić information content (AvgIpc) is 3.29. The van der Waals surface area contributed by atoms with Gasteiger partial charge in [-0.15, -0.1) is 11.3 Å². The second-order valence-corrected chi connectivity index (χ2v) is 8.17. The van der Waals surface area contributed by atoms with Gasteiger partial charge in [0.1, 0.15) is 16.5 Å². The Labute approximate surface area is 154 Å². The summed E-state index contributed by atoms with van der Waals surface area (Å²) in [5.74, 6) is 1.11. The van der Waals surface area contributed by atoms with Gasteiger partial charge in [-0.3, -0.25) is 4.79 Å². The summed E-state index contributed by atoms with van der Waals surface area (Å²) in [6, 6.07) is 15.2. The highest BCUT2D eigenvalue weighted by Gasteiger charge is 2.48. The quantitative estimate of drug-likeness (QED) is 0.854. The number of nitriles is 1. The highest BCUT2D eigenvalue weighted by Crippen LogP contribution is 2.45. The zero-order chi connectivity index (χ0) is 17.3. The first-order valence-corrected chi connectivity index (χ1v) is 9.82. The van der Waals surface area contributed by atoms with Crippen LogP contribution in [0.15, 0.2) is 47.5 Å². The van der Waals surface area contributed by atoms with Crippen molar-refractivity contribution in [3.63, 3.8) is 0 Å². The highest BCUT2D eigenvalue weighted by atomic mass is 32.2. The smallest absolute Gasteiger partial charge is 0.257 e. The molecule has 7 heteroatoms. The number of carbonyl (C=O) groups excluding carboxylic acids is 1. The maximum absolute atomic E-state index is 12.4. The van der Waals surface area contributed by atoms with Crippen molar-refractivity contribution in [2.24, 2.45) is 10.9 Å². The molecule has 3 heterocycles. The molecule has 126 valence electrons. The van der Waals surface area contributed by atoms with E-state index in [4.69, 9.17) is 10.3 Å². The summed E-state index contributed by atoms with van der Waals surface area (Å²) in [7, 11) is 0. The fraction of sp³-hybridized carbons (Fsp3) is 0.278. The van der Waals surface area contributed by atoms with Crippen LogP contribution in [0.2, 0.25) is 0 Å². The maximum atomic E-state index is 12.4. The molecule has 1 saturated heterocycles. The molecule has 2 aliphatic rings. The first-order valence-electron chi connectivity index (χ1n) is 8.01. The molecule has 0 bridgehead atoms. The summed E-state index contributed by atoms with van der Waals surface area (Å²) in [4.78, 5) is 19.2. The predicted octanol–water partition coefficient (Wildman–Crippen LogP) is 2.57. The molecule has 1 fully saturated rings. The van der Waals surface area contributed by atoms with E-state index in [1.54, 1.807) is 23.9 Å². The van der Waals surface area contributed by atoms with Crippen molar-refractivity contribution in [3.8, 4) is 6.07 Å². The first-order chi connectivity index (χ1) is 12.2. The van der Waals surface area contributed by atoms with Crippen molar-refractivity contribution >= 4 is 34.2 Å². The van der Waals surface area contributed by atoms with Crippen molar-refractivity contribution in [2.75, 3.05) is 18.8 Å². The minimum Gasteiger partial charge on any atom is -0.314 e. The molecule has 0 aliphatic carbocycles. The van der Waals surface area contributed by atoms with Crippen molar-refractivity contribution in [1.29, 1.82) is 5.26 Å². The topological polar surface area (TPSA) is 77.3 Å². The van der Waals surface area contributed by atoms with Gasteiger partial charge in [-0.05, 0) is 24.3 Å². The summed E-state index contributed by atoms with van der Waals surface area (Å²) in [6.07, 6.45) is 0. The highest BCUT2D eigenvalue weighted by molar-refractivity contribution is 8.13. The van der Waals surface area contributed by atoms with Gasteiger partial charge in [0.05, 0.1) is 0 Å². The molecular weight excluding hydrogens is 352 g/mol. The molecule has 25 heavy (non-hydrogen) atoms. The van der Waals surface area contributed by atoms with E-state index in [2.05, 4.69) is 16.7 Å². The van der Waals surface area contributed by atoms with Crippen LogP contribution in [0.1, 0.15) is 20.1 Å². The lowest BCUT2D eigenvalue weighted by molar-refractivity contribution is 0.0977. The van der Waals surface area contributed by atoms with Crippen molar-refractivity contribution in [3.05, 3.63) is 57.8 Å². The van der Waals surface area contributed by atoms with Crippen LogP contribution >= 0.6 is 23.1 Å². The van der Waals surface area contributed by atoms with E-state index in [-0.39, 0.29) is 11.4 Å². The molecule has 2 aromatic rings. The van der Waals surface area contributed by atoms with E-state index in [1.807, 2.05) is 30.3 Å². The molecule has 1 amide bonds. The normalized spacial score (nSPS) is 24.9. The summed E-state index contributed by atoms with van der Waals surface area (Å²) in [6.45, 7) is 1.63. The lowest BCUT2D eigenvalue weighted by Crippen LogP contribution is -2.42. The predicted molar refractivity (Wildman–Crippen MR) is 101 cm³/mol. The molecule has 5 nitrogen and oxygen atoms in total. The summed E-state index contributed by atoms with van der Waals surface area (Å²) in [5.41, 5.74) is 0.235. The van der Waals surface area contributed by atoms with Crippen molar-refractivity contribution < 1.29 is 4.79 Å². The fourth-order valence-electron chi connectivity index (χ4n) is 3.27. The third kappa shape index (κ3) is 2.97. The minimum atomic E-state index is -0.385. The number of hydrogen-bond acceptors (Lipinski definition) is 6. The molecule has 1 aromatic carbocycles. The van der Waals surface area contributed by atoms with Crippen LogP contribution in [0, 0.1) is 17.2 Å². The van der Waals surface area contributed by atoms with Gasteiger partial charge in [0.15, 0.2) is 5.17 Å². The second kappa shape index (κ2) is 6.64. The monoisotopic (exact) mass is 368 g/mol. The van der Waals surface area contributed by atoms with Gasteiger partial charge in [-0.25, -0.2) is 4.99 Å². The Hall–Kier alpha value is -2.14. The third-order valence-corrected chi connectivity index (χ3v) is 6.77.